The number of anilines is 2. The molecule has 2 saturated heterocycles. The molecule has 1 aliphatic carbocycles. The van der Waals surface area contributed by atoms with Crippen molar-refractivity contribution in [2.75, 3.05) is 69.3 Å². The fourth-order valence-electron chi connectivity index (χ4n) is 6.96. The third-order valence-electron chi connectivity index (χ3n) is 9.10. The van der Waals surface area contributed by atoms with Crippen molar-refractivity contribution in [3.05, 3.63) is 53.7 Å². The summed E-state index contributed by atoms with van der Waals surface area (Å²) in [5, 5.41) is 9.52. The standard InChI is InChI=1S/C32H41N7O3/c1-3-30(40)39-16-15-37(20-25(39)12-13-33)31-27-11-10-24(38-14-6-8-23-7-4-5-9-29(23)38)19-28(27)34-32(35-31)42-22-26-21-36(2)17-18-41-26/h3-5,7,9,24-26H,1,6,8,10-12,14-22H2,2H3/t24?,25-,26+/m0/s1. The third kappa shape index (κ3) is 5.94. The van der Waals surface area contributed by atoms with Crippen LogP contribution in [0.2, 0.25) is 0 Å². The van der Waals surface area contributed by atoms with Crippen LogP contribution in [0.3, 0.4) is 0 Å². The highest BCUT2D eigenvalue weighted by atomic mass is 16.5. The molecule has 2 fully saturated rings. The molecule has 1 unspecified atom stereocenters. The highest BCUT2D eigenvalue weighted by Crippen LogP contribution is 2.36. The molecule has 2 aromatic rings. The number of carbonyl (C=O) groups excluding carboxylic acids is 1. The Balaban J connectivity index is 1.28. The number of nitriles is 1. The molecule has 6 rings (SSSR count). The Morgan fingerprint density at radius 2 is 2.07 bits per heavy atom. The minimum atomic E-state index is -0.225. The SMILES string of the molecule is C=CC(=O)N1CCN(c2nc(OC[C@H]3CN(C)CCO3)nc3c2CCC(N2CCCc4ccccc42)C3)C[C@@H]1CC#N. The second-order valence-corrected chi connectivity index (χ2v) is 11.8. The lowest BCUT2D eigenvalue weighted by Crippen LogP contribution is -2.55. The van der Waals surface area contributed by atoms with E-state index in [1.54, 1.807) is 4.90 Å². The Morgan fingerprint density at radius 1 is 1.19 bits per heavy atom. The van der Waals surface area contributed by atoms with Crippen LogP contribution in [0.5, 0.6) is 6.01 Å². The maximum Gasteiger partial charge on any atom is 0.318 e. The van der Waals surface area contributed by atoms with E-state index in [0.29, 0.717) is 44.9 Å². The van der Waals surface area contributed by atoms with Crippen LogP contribution >= 0.6 is 0 Å². The Labute approximate surface area is 248 Å². The van der Waals surface area contributed by atoms with Crippen LogP contribution in [-0.4, -0.2) is 103 Å². The van der Waals surface area contributed by atoms with Gasteiger partial charge in [0.15, 0.2) is 0 Å². The quantitative estimate of drug-likeness (QED) is 0.465. The molecule has 222 valence electrons. The number of aromatic nitrogens is 2. The molecule has 0 saturated carbocycles. The molecule has 0 N–H and O–H groups in total. The van der Waals surface area contributed by atoms with Crippen LogP contribution in [-0.2, 0) is 28.8 Å². The van der Waals surface area contributed by atoms with E-state index in [4.69, 9.17) is 19.4 Å². The molecule has 1 aromatic heterocycles. The lowest BCUT2D eigenvalue weighted by atomic mass is 9.88. The molecule has 4 aliphatic rings. The number of hydrogen-bond donors (Lipinski definition) is 0. The first-order valence-corrected chi connectivity index (χ1v) is 15.3. The molecule has 0 radical (unpaired) electrons. The summed E-state index contributed by atoms with van der Waals surface area (Å²) in [4.78, 5) is 31.3. The van der Waals surface area contributed by atoms with Crippen molar-refractivity contribution in [1.82, 2.24) is 19.8 Å². The number of fused-ring (bicyclic) bond motifs is 2. The highest BCUT2D eigenvalue weighted by Gasteiger charge is 2.35. The predicted molar refractivity (Wildman–Crippen MR) is 161 cm³/mol. The second-order valence-electron chi connectivity index (χ2n) is 11.8. The molecule has 10 heteroatoms. The fourth-order valence-corrected chi connectivity index (χ4v) is 6.96. The Bertz CT molecular complexity index is 1340. The van der Waals surface area contributed by atoms with Crippen LogP contribution in [0.4, 0.5) is 11.5 Å². The van der Waals surface area contributed by atoms with Crippen LogP contribution < -0.4 is 14.5 Å². The minimum absolute atomic E-state index is 0.0297. The average molecular weight is 572 g/mol. The molecule has 3 atom stereocenters. The van der Waals surface area contributed by atoms with E-state index in [1.807, 2.05) is 0 Å². The van der Waals surface area contributed by atoms with Gasteiger partial charge in [-0.05, 0) is 50.4 Å². The van der Waals surface area contributed by atoms with Crippen LogP contribution in [0.25, 0.3) is 0 Å². The molecular weight excluding hydrogens is 530 g/mol. The van der Waals surface area contributed by atoms with Gasteiger partial charge in [-0.2, -0.15) is 15.2 Å². The molecule has 1 amide bonds. The van der Waals surface area contributed by atoms with Crippen molar-refractivity contribution >= 4 is 17.4 Å². The number of piperazine rings is 1. The number of ether oxygens (including phenoxy) is 2. The molecule has 1 aromatic carbocycles. The van der Waals surface area contributed by atoms with Gasteiger partial charge in [0, 0.05) is 63.0 Å². The van der Waals surface area contributed by atoms with E-state index < -0.39 is 0 Å². The van der Waals surface area contributed by atoms with Crippen LogP contribution in [0.1, 0.15) is 36.1 Å². The number of nitrogens with zero attached hydrogens (tertiary/aromatic N) is 7. The molecule has 3 aliphatic heterocycles. The third-order valence-corrected chi connectivity index (χ3v) is 9.10. The van der Waals surface area contributed by atoms with Gasteiger partial charge < -0.3 is 29.1 Å². The van der Waals surface area contributed by atoms with Crippen molar-refractivity contribution < 1.29 is 14.3 Å². The van der Waals surface area contributed by atoms with Gasteiger partial charge in [0.2, 0.25) is 5.91 Å². The van der Waals surface area contributed by atoms with Gasteiger partial charge in [-0.1, -0.05) is 24.8 Å². The van der Waals surface area contributed by atoms with E-state index >= 15 is 0 Å². The maximum atomic E-state index is 12.5. The number of morpholine rings is 1. The largest absolute Gasteiger partial charge is 0.461 e. The maximum absolute atomic E-state index is 12.5. The highest BCUT2D eigenvalue weighted by molar-refractivity contribution is 5.87. The molecule has 10 nitrogen and oxygen atoms in total. The number of carbonyl (C=O) groups is 1. The number of rotatable bonds is 7. The monoisotopic (exact) mass is 571 g/mol. The summed E-state index contributed by atoms with van der Waals surface area (Å²) in [7, 11) is 2.09. The first kappa shape index (κ1) is 28.4. The van der Waals surface area contributed by atoms with Gasteiger partial charge >= 0.3 is 6.01 Å². The van der Waals surface area contributed by atoms with Gasteiger partial charge in [0.1, 0.15) is 18.5 Å². The van der Waals surface area contributed by atoms with E-state index in [-0.39, 0.29) is 24.5 Å². The zero-order valence-corrected chi connectivity index (χ0v) is 24.6. The topological polar surface area (TPSA) is 98.1 Å². The second kappa shape index (κ2) is 12.7. The number of benzene rings is 1. The summed E-state index contributed by atoms with van der Waals surface area (Å²) < 4.78 is 12.2. The molecule has 4 heterocycles. The van der Waals surface area contributed by atoms with E-state index in [2.05, 4.69) is 58.7 Å². The van der Waals surface area contributed by atoms with Gasteiger partial charge in [0.25, 0.3) is 0 Å². The van der Waals surface area contributed by atoms with Gasteiger partial charge in [-0.15, -0.1) is 0 Å². The lowest BCUT2D eigenvalue weighted by molar-refractivity contribution is -0.128. The predicted octanol–water partition coefficient (Wildman–Crippen LogP) is 2.61. The first-order chi connectivity index (χ1) is 20.5. The summed E-state index contributed by atoms with van der Waals surface area (Å²) in [6.07, 6.45) is 6.58. The lowest BCUT2D eigenvalue weighted by Gasteiger charge is -2.43. The summed E-state index contributed by atoms with van der Waals surface area (Å²) in [5.41, 5.74) is 4.98. The van der Waals surface area contributed by atoms with Crippen molar-refractivity contribution in [2.24, 2.45) is 0 Å². The van der Waals surface area contributed by atoms with Crippen molar-refractivity contribution in [3.63, 3.8) is 0 Å². The Morgan fingerprint density at radius 3 is 2.90 bits per heavy atom. The number of aryl methyl sites for hydroxylation is 1. The zero-order chi connectivity index (χ0) is 29.1. The smallest absolute Gasteiger partial charge is 0.318 e. The van der Waals surface area contributed by atoms with E-state index in [0.717, 1.165) is 68.8 Å². The minimum Gasteiger partial charge on any atom is -0.461 e. The number of hydrogen-bond acceptors (Lipinski definition) is 9. The normalized spacial score (nSPS) is 24.4. The van der Waals surface area contributed by atoms with Gasteiger partial charge in [-0.25, -0.2) is 0 Å². The number of likely N-dealkylation sites (N-methyl/N-ethyl adjacent to an activating group) is 1. The Hall–Kier alpha value is -3.68. The zero-order valence-electron chi connectivity index (χ0n) is 24.6. The molecule has 0 spiro atoms. The number of para-hydroxylation sites is 1. The van der Waals surface area contributed by atoms with Gasteiger partial charge in [0.05, 0.1) is 30.8 Å². The molecule has 42 heavy (non-hydrogen) atoms. The Kier molecular flexibility index (Phi) is 8.58. The summed E-state index contributed by atoms with van der Waals surface area (Å²) >= 11 is 0. The summed E-state index contributed by atoms with van der Waals surface area (Å²) in [6, 6.07) is 11.6. The van der Waals surface area contributed by atoms with Crippen molar-refractivity contribution in [1.29, 1.82) is 5.26 Å². The van der Waals surface area contributed by atoms with Crippen LogP contribution in [0.15, 0.2) is 36.9 Å². The van der Waals surface area contributed by atoms with Crippen LogP contribution in [0, 0.1) is 11.3 Å². The molecular formula is C32H41N7O3. The molecule has 0 bridgehead atoms. The van der Waals surface area contributed by atoms with Crippen molar-refractivity contribution in [2.45, 2.75) is 56.7 Å². The number of amides is 1. The first-order valence-electron chi connectivity index (χ1n) is 15.3. The van der Waals surface area contributed by atoms with Crippen molar-refractivity contribution in [3.8, 4) is 12.1 Å². The summed E-state index contributed by atoms with van der Waals surface area (Å²) in [6.45, 7) is 9.20. The van der Waals surface area contributed by atoms with E-state index in [9.17, 15) is 10.1 Å². The summed E-state index contributed by atoms with van der Waals surface area (Å²) in [5.74, 6) is 0.744. The average Bonchev–Trinajstić information content (AvgIpc) is 3.02. The fraction of sp³-hybridized carbons (Fsp3) is 0.562. The van der Waals surface area contributed by atoms with E-state index in [1.165, 1.54) is 17.3 Å². The van der Waals surface area contributed by atoms with Gasteiger partial charge in [-0.3, -0.25) is 4.79 Å².